The molecule has 118 valence electrons. The summed E-state index contributed by atoms with van der Waals surface area (Å²) in [5.41, 5.74) is 1.02. The summed E-state index contributed by atoms with van der Waals surface area (Å²) in [7, 11) is 0. The first-order valence-corrected chi connectivity index (χ1v) is 7.91. The van der Waals surface area contributed by atoms with Gasteiger partial charge in [-0.2, -0.15) is 0 Å². The number of amides is 2. The fourth-order valence-corrected chi connectivity index (χ4v) is 2.34. The van der Waals surface area contributed by atoms with Gasteiger partial charge in [-0.25, -0.2) is 4.79 Å². The third kappa shape index (κ3) is 4.59. The van der Waals surface area contributed by atoms with E-state index in [2.05, 4.69) is 31.7 Å². The molecule has 0 spiro atoms. The second kappa shape index (κ2) is 6.96. The van der Waals surface area contributed by atoms with Crippen molar-refractivity contribution < 1.29 is 9.32 Å². The van der Waals surface area contributed by atoms with Gasteiger partial charge in [-0.3, -0.25) is 5.32 Å². The lowest BCUT2D eigenvalue weighted by Gasteiger charge is -2.12. The summed E-state index contributed by atoms with van der Waals surface area (Å²) in [5.74, 6) is 1.15. The number of urea groups is 1. The Morgan fingerprint density at radius 3 is 2.68 bits per heavy atom. The first-order valence-electron chi connectivity index (χ1n) is 7.12. The average Bonchev–Trinajstić information content (AvgIpc) is 2.89. The van der Waals surface area contributed by atoms with Crippen LogP contribution in [0.1, 0.15) is 32.1 Å². The van der Waals surface area contributed by atoms with Gasteiger partial charge in [-0.15, -0.1) is 0 Å². The lowest BCUT2D eigenvalue weighted by molar-refractivity contribution is 0.252. The van der Waals surface area contributed by atoms with Crippen molar-refractivity contribution in [3.8, 4) is 0 Å². The number of carbonyl (C=O) groups excluding carboxylic acids is 1. The zero-order valence-electron chi connectivity index (χ0n) is 12.9. The highest BCUT2D eigenvalue weighted by Crippen LogP contribution is 2.24. The van der Waals surface area contributed by atoms with Gasteiger partial charge in [0.05, 0.1) is 0 Å². The first kappa shape index (κ1) is 16.5. The molecule has 6 heteroatoms. The van der Waals surface area contributed by atoms with Gasteiger partial charge in [0.2, 0.25) is 0 Å². The fraction of sp³-hybridized carbons (Fsp3) is 0.375. The van der Waals surface area contributed by atoms with E-state index in [1.165, 1.54) is 0 Å². The summed E-state index contributed by atoms with van der Waals surface area (Å²) in [4.78, 5) is 11.8. The van der Waals surface area contributed by atoms with Crippen LogP contribution in [-0.4, -0.2) is 17.7 Å². The Labute approximate surface area is 138 Å². The van der Waals surface area contributed by atoms with E-state index < -0.39 is 0 Å². The van der Waals surface area contributed by atoms with E-state index in [0.29, 0.717) is 12.4 Å². The van der Waals surface area contributed by atoms with Crippen LogP contribution in [-0.2, 0) is 11.8 Å². The molecule has 1 heterocycles. The topological polar surface area (TPSA) is 67.2 Å². The Morgan fingerprint density at radius 2 is 2.05 bits per heavy atom. The quantitative estimate of drug-likeness (QED) is 0.856. The third-order valence-corrected chi connectivity index (χ3v) is 3.90. The molecule has 0 bridgehead atoms. The van der Waals surface area contributed by atoms with Crippen LogP contribution >= 0.6 is 15.9 Å². The molecule has 1 aromatic heterocycles. The van der Waals surface area contributed by atoms with Crippen LogP contribution in [0.5, 0.6) is 0 Å². The van der Waals surface area contributed by atoms with Crippen LogP contribution in [0, 0.1) is 0 Å². The number of anilines is 1. The zero-order valence-corrected chi connectivity index (χ0v) is 14.5. The van der Waals surface area contributed by atoms with Crippen molar-refractivity contribution in [1.82, 2.24) is 10.5 Å². The van der Waals surface area contributed by atoms with Gasteiger partial charge in [-0.05, 0) is 18.1 Å². The molecule has 2 rings (SSSR count). The lowest BCUT2D eigenvalue weighted by Crippen LogP contribution is -2.30. The predicted octanol–water partition coefficient (Wildman–Crippen LogP) is 4.10. The predicted molar refractivity (Wildman–Crippen MR) is 90.1 cm³/mol. The molecule has 0 unspecified atom stereocenters. The Balaban J connectivity index is 1.81. The van der Waals surface area contributed by atoms with E-state index in [1.807, 2.05) is 45.0 Å². The van der Waals surface area contributed by atoms with Gasteiger partial charge in [0.15, 0.2) is 5.82 Å². The van der Waals surface area contributed by atoms with Gasteiger partial charge in [-0.1, -0.05) is 60.1 Å². The molecular weight excluding hydrogens is 346 g/mol. The molecule has 0 fully saturated rings. The molecule has 0 atom stereocenters. The average molecular weight is 366 g/mol. The number of benzene rings is 1. The van der Waals surface area contributed by atoms with Crippen LogP contribution in [0.15, 0.2) is 39.3 Å². The SMILES string of the molecule is CC(C)(C)c1cc(NC(=O)NCCc2ccccc2Br)no1. The molecule has 2 amide bonds. The second-order valence-electron chi connectivity index (χ2n) is 6.05. The van der Waals surface area contributed by atoms with E-state index in [9.17, 15) is 4.79 Å². The molecule has 22 heavy (non-hydrogen) atoms. The number of hydrogen-bond acceptors (Lipinski definition) is 3. The number of nitrogens with one attached hydrogen (secondary N) is 2. The van der Waals surface area contributed by atoms with E-state index in [-0.39, 0.29) is 11.4 Å². The summed E-state index contributed by atoms with van der Waals surface area (Å²) < 4.78 is 6.27. The minimum absolute atomic E-state index is 0.136. The molecule has 0 saturated carbocycles. The molecular formula is C16H20BrN3O2. The number of aromatic nitrogens is 1. The fourth-order valence-electron chi connectivity index (χ4n) is 1.86. The highest BCUT2D eigenvalue weighted by Gasteiger charge is 2.20. The highest BCUT2D eigenvalue weighted by molar-refractivity contribution is 9.10. The van der Waals surface area contributed by atoms with E-state index >= 15 is 0 Å². The molecule has 2 aromatic rings. The third-order valence-electron chi connectivity index (χ3n) is 3.13. The summed E-state index contributed by atoms with van der Waals surface area (Å²) in [6, 6.07) is 9.40. The summed E-state index contributed by atoms with van der Waals surface area (Å²) >= 11 is 3.49. The van der Waals surface area contributed by atoms with E-state index in [0.717, 1.165) is 22.2 Å². The monoisotopic (exact) mass is 365 g/mol. The minimum Gasteiger partial charge on any atom is -0.359 e. The molecule has 0 aliphatic heterocycles. The maximum Gasteiger partial charge on any atom is 0.320 e. The van der Waals surface area contributed by atoms with Crippen LogP contribution < -0.4 is 10.6 Å². The second-order valence-corrected chi connectivity index (χ2v) is 6.90. The standard InChI is InChI=1S/C16H20BrN3O2/c1-16(2,3)13-10-14(20-22-13)19-15(21)18-9-8-11-6-4-5-7-12(11)17/h4-7,10H,8-9H2,1-3H3,(H2,18,19,20,21). The van der Waals surface area contributed by atoms with Gasteiger partial charge in [0.25, 0.3) is 0 Å². The van der Waals surface area contributed by atoms with E-state index in [1.54, 1.807) is 6.07 Å². The number of carbonyl (C=O) groups is 1. The zero-order chi connectivity index (χ0) is 16.2. The van der Waals surface area contributed by atoms with Gasteiger partial charge >= 0.3 is 6.03 Å². The molecule has 0 aliphatic rings. The van der Waals surface area contributed by atoms with Crippen LogP contribution in [0.25, 0.3) is 0 Å². The van der Waals surface area contributed by atoms with Crippen molar-refractivity contribution in [1.29, 1.82) is 0 Å². The molecule has 5 nitrogen and oxygen atoms in total. The molecule has 2 N–H and O–H groups in total. The van der Waals surface area contributed by atoms with Crippen LogP contribution in [0.2, 0.25) is 0 Å². The number of halogens is 1. The largest absolute Gasteiger partial charge is 0.359 e. The van der Waals surface area contributed by atoms with Crippen molar-refractivity contribution in [3.05, 3.63) is 46.1 Å². The number of hydrogen-bond donors (Lipinski definition) is 2. The summed E-state index contributed by atoms with van der Waals surface area (Å²) in [6.45, 7) is 6.61. The molecule has 0 radical (unpaired) electrons. The van der Waals surface area contributed by atoms with Crippen molar-refractivity contribution in [3.63, 3.8) is 0 Å². The summed E-state index contributed by atoms with van der Waals surface area (Å²) in [6.07, 6.45) is 0.751. The van der Waals surface area contributed by atoms with Gasteiger partial charge < -0.3 is 9.84 Å². The Morgan fingerprint density at radius 1 is 1.32 bits per heavy atom. The maximum absolute atomic E-state index is 11.8. The smallest absolute Gasteiger partial charge is 0.320 e. The van der Waals surface area contributed by atoms with Crippen molar-refractivity contribution in [2.75, 3.05) is 11.9 Å². The molecule has 0 saturated heterocycles. The molecule has 1 aromatic carbocycles. The maximum atomic E-state index is 11.8. The van der Waals surface area contributed by atoms with Crippen molar-refractivity contribution in [2.24, 2.45) is 0 Å². The van der Waals surface area contributed by atoms with Crippen LogP contribution in [0.3, 0.4) is 0 Å². The normalized spacial score (nSPS) is 11.3. The van der Waals surface area contributed by atoms with Gasteiger partial charge in [0.1, 0.15) is 5.76 Å². The van der Waals surface area contributed by atoms with Crippen molar-refractivity contribution >= 4 is 27.8 Å². The summed E-state index contributed by atoms with van der Waals surface area (Å²) in [5, 5.41) is 9.32. The first-order chi connectivity index (χ1) is 10.4. The highest BCUT2D eigenvalue weighted by atomic mass is 79.9. The van der Waals surface area contributed by atoms with Gasteiger partial charge in [0, 0.05) is 22.5 Å². The Kier molecular flexibility index (Phi) is 5.24. The number of nitrogens with zero attached hydrogens (tertiary/aromatic N) is 1. The number of rotatable bonds is 4. The minimum atomic E-state index is -0.291. The lowest BCUT2D eigenvalue weighted by atomic mass is 9.93. The Bertz CT molecular complexity index is 647. The van der Waals surface area contributed by atoms with E-state index in [4.69, 9.17) is 4.52 Å². The van der Waals surface area contributed by atoms with Crippen LogP contribution in [0.4, 0.5) is 10.6 Å². The Hall–Kier alpha value is -1.82. The van der Waals surface area contributed by atoms with Crippen molar-refractivity contribution in [2.45, 2.75) is 32.6 Å². The molecule has 0 aliphatic carbocycles.